The number of hydrogen-bond donors (Lipinski definition) is 1. The minimum atomic E-state index is -2.88. The van der Waals surface area contributed by atoms with E-state index in [0.717, 1.165) is 0 Å². The van der Waals surface area contributed by atoms with Gasteiger partial charge in [-0.25, -0.2) is 0 Å². The molecule has 0 heterocycles. The van der Waals surface area contributed by atoms with E-state index >= 15 is 0 Å². The summed E-state index contributed by atoms with van der Waals surface area (Å²) in [6, 6.07) is 0. The Morgan fingerprint density at radius 1 is 2.00 bits per heavy atom. The third-order valence-corrected chi connectivity index (χ3v) is 0. The van der Waals surface area contributed by atoms with Gasteiger partial charge >= 0.3 is 0 Å². The zero-order valence-corrected chi connectivity index (χ0v) is 2.86. The summed E-state index contributed by atoms with van der Waals surface area (Å²) in [5, 5.41) is 0. The first-order valence-electron chi connectivity index (χ1n) is 0.678. The molecule has 0 aliphatic carbocycles. The predicted octanol–water partition coefficient (Wildman–Crippen LogP) is -0.349. The lowest BCUT2D eigenvalue weighted by Crippen LogP contribution is -1.44. The highest BCUT2D eigenvalue weighted by atomic mass is 31.1. The van der Waals surface area contributed by atoms with Gasteiger partial charge in [0.2, 0.25) is 0 Å². The van der Waals surface area contributed by atoms with Crippen LogP contribution in [0.2, 0.25) is 0 Å². The van der Waals surface area contributed by atoms with Crippen LogP contribution in [-0.2, 0) is 4.57 Å². The summed E-state index contributed by atoms with van der Waals surface area (Å²) in [5.74, 6) is 0. The van der Waals surface area contributed by atoms with E-state index < -0.39 is 8.18 Å². The number of hydrogen-bond acceptors (Lipinski definition) is 1. The Bertz CT molecular complexity index is 29.0. The van der Waals surface area contributed by atoms with Crippen molar-refractivity contribution < 1.29 is 9.46 Å². The van der Waals surface area contributed by atoms with E-state index in [9.17, 15) is 0 Å². The average molecular weight is 80.0 g/mol. The summed E-state index contributed by atoms with van der Waals surface area (Å²) in [7, 11) is -2.88. The van der Waals surface area contributed by atoms with Crippen LogP contribution in [0.1, 0.15) is 0 Å². The van der Waals surface area contributed by atoms with Crippen molar-refractivity contribution in [2.75, 3.05) is 0 Å². The van der Waals surface area contributed by atoms with E-state index in [2.05, 4.69) is 0 Å². The molecule has 0 saturated heterocycles. The van der Waals surface area contributed by atoms with Crippen LogP contribution in [-0.4, -0.2) is 4.89 Å². The van der Waals surface area contributed by atoms with Crippen molar-refractivity contribution in [3.63, 3.8) is 0 Å². The highest BCUT2D eigenvalue weighted by molar-refractivity contribution is 7.34. The summed E-state index contributed by atoms with van der Waals surface area (Å²) in [4.78, 5) is 7.27. The van der Waals surface area contributed by atoms with E-state index in [1.807, 2.05) is 0 Å². The first-order valence-corrected chi connectivity index (χ1v) is 2.03. The second-order valence-corrected chi connectivity index (χ2v) is 0.915. The highest BCUT2D eigenvalue weighted by Gasteiger charge is 1.61. The Balaban J connectivity index is 2.80. The van der Waals surface area contributed by atoms with Gasteiger partial charge in [-0.15, -0.1) is 0 Å². The van der Waals surface area contributed by atoms with E-state index in [1.165, 1.54) is 0 Å². The smallest absolute Gasteiger partial charge is 0.269 e. The topological polar surface area (TPSA) is 61.1 Å². The SMILES string of the molecule is [NH][PH](=O)O. The Kier molecular flexibility index (Phi) is 1.52. The Morgan fingerprint density at radius 2 is 2.00 bits per heavy atom. The van der Waals surface area contributed by atoms with Gasteiger partial charge in [-0.1, -0.05) is 0 Å². The molecular formula is H3NO2P. The summed E-state index contributed by atoms with van der Waals surface area (Å²) < 4.78 is 8.85. The monoisotopic (exact) mass is 80.0 g/mol. The van der Waals surface area contributed by atoms with Gasteiger partial charge in [-0.2, -0.15) is 5.50 Å². The van der Waals surface area contributed by atoms with Crippen molar-refractivity contribution in [2.24, 2.45) is 0 Å². The maximum atomic E-state index is 8.85. The Labute approximate surface area is 24.4 Å². The highest BCUT2D eigenvalue weighted by Crippen LogP contribution is 1.96. The zero-order chi connectivity index (χ0) is 3.58. The Hall–Kier alpha value is 0.150. The molecule has 25 valence electrons. The van der Waals surface area contributed by atoms with Crippen molar-refractivity contribution in [1.82, 2.24) is 5.50 Å². The minimum Gasteiger partial charge on any atom is -0.335 e. The normalized spacial score (nSPS) is 15.5. The van der Waals surface area contributed by atoms with Gasteiger partial charge in [0.25, 0.3) is 8.18 Å². The molecule has 0 rings (SSSR count). The van der Waals surface area contributed by atoms with Gasteiger partial charge in [0.05, 0.1) is 0 Å². The first kappa shape index (κ1) is 4.15. The van der Waals surface area contributed by atoms with Gasteiger partial charge in [0.15, 0.2) is 0 Å². The lowest BCUT2D eigenvalue weighted by Gasteiger charge is -1.60. The molecule has 1 atom stereocenters. The molecule has 0 bridgehead atoms. The van der Waals surface area contributed by atoms with Gasteiger partial charge in [-0.05, 0) is 0 Å². The molecule has 1 radical (unpaired) electrons. The van der Waals surface area contributed by atoms with Crippen LogP contribution < -0.4 is 5.50 Å². The van der Waals surface area contributed by atoms with Crippen LogP contribution in [0.15, 0.2) is 0 Å². The van der Waals surface area contributed by atoms with Gasteiger partial charge in [0.1, 0.15) is 0 Å². The van der Waals surface area contributed by atoms with E-state index in [0.29, 0.717) is 0 Å². The largest absolute Gasteiger partial charge is 0.335 e. The minimum absolute atomic E-state index is 2.88. The molecule has 4 heavy (non-hydrogen) atoms. The standard InChI is InChI=1S/H3NO2P/c1-4(2)3/h1,4H,(H,2,3). The lowest BCUT2D eigenvalue weighted by atomic mass is 13.9. The second-order valence-electron chi connectivity index (χ2n) is 0.305. The molecule has 2 N–H and O–H groups in total. The maximum Gasteiger partial charge on any atom is 0.269 e. The first-order chi connectivity index (χ1) is 1.73. The molecular weight excluding hydrogens is 77.0 g/mol. The molecule has 0 aliphatic heterocycles. The molecule has 1 unspecified atom stereocenters. The molecule has 0 aromatic heterocycles. The lowest BCUT2D eigenvalue weighted by molar-refractivity contribution is 0.503. The van der Waals surface area contributed by atoms with Crippen LogP contribution >= 0.6 is 8.18 Å². The fraction of sp³-hybridized carbons (Fsp3) is 0. The molecule has 0 aromatic carbocycles. The van der Waals surface area contributed by atoms with Crippen LogP contribution in [0.5, 0.6) is 0 Å². The molecule has 3 nitrogen and oxygen atoms in total. The van der Waals surface area contributed by atoms with Crippen molar-refractivity contribution in [3.05, 3.63) is 0 Å². The van der Waals surface area contributed by atoms with Crippen LogP contribution in [0.4, 0.5) is 0 Å². The third kappa shape index (κ3) is 126. The van der Waals surface area contributed by atoms with E-state index in [1.54, 1.807) is 0 Å². The van der Waals surface area contributed by atoms with Crippen molar-refractivity contribution in [2.45, 2.75) is 0 Å². The molecule has 4 heteroatoms. The molecule has 0 aliphatic rings. The third-order valence-electron chi connectivity index (χ3n) is 0. The van der Waals surface area contributed by atoms with Gasteiger partial charge in [-0.3, -0.25) is 4.57 Å². The van der Waals surface area contributed by atoms with Crippen LogP contribution in [0.25, 0.3) is 0 Å². The molecule has 0 aromatic rings. The quantitative estimate of drug-likeness (QED) is 0.404. The average Bonchev–Trinajstić information content (AvgIpc) is 0.811. The predicted molar refractivity (Wildman–Crippen MR) is 14.3 cm³/mol. The van der Waals surface area contributed by atoms with E-state index in [-0.39, 0.29) is 0 Å². The molecule has 0 spiro atoms. The summed E-state index contributed by atoms with van der Waals surface area (Å²) in [6.45, 7) is 0. The van der Waals surface area contributed by atoms with E-state index in [4.69, 9.17) is 15.0 Å². The molecule has 0 saturated carbocycles. The molecule has 0 fully saturated rings. The second kappa shape index (κ2) is 1.47. The number of rotatable bonds is 0. The Morgan fingerprint density at radius 3 is 2.00 bits per heavy atom. The fourth-order valence-corrected chi connectivity index (χ4v) is 0. The van der Waals surface area contributed by atoms with Gasteiger partial charge < -0.3 is 4.89 Å². The summed E-state index contributed by atoms with van der Waals surface area (Å²) in [5.41, 5.74) is 5.69. The molecule has 0 amide bonds. The zero-order valence-electron chi connectivity index (χ0n) is 1.86. The van der Waals surface area contributed by atoms with Crippen molar-refractivity contribution in [1.29, 1.82) is 0 Å². The van der Waals surface area contributed by atoms with Crippen LogP contribution in [0, 0.1) is 0 Å². The van der Waals surface area contributed by atoms with Crippen LogP contribution in [0.3, 0.4) is 0 Å². The van der Waals surface area contributed by atoms with Gasteiger partial charge in [0, 0.05) is 0 Å². The summed E-state index contributed by atoms with van der Waals surface area (Å²) >= 11 is 0. The summed E-state index contributed by atoms with van der Waals surface area (Å²) in [6.07, 6.45) is 0. The van der Waals surface area contributed by atoms with Crippen molar-refractivity contribution >= 4 is 8.18 Å². The number of nitrogens with one attached hydrogen (secondary N) is 1. The maximum absolute atomic E-state index is 8.85. The fourth-order valence-electron chi connectivity index (χ4n) is 0. The van der Waals surface area contributed by atoms with Crippen molar-refractivity contribution in [3.8, 4) is 0 Å².